The van der Waals surface area contributed by atoms with Crippen LogP contribution in [0.3, 0.4) is 0 Å². The monoisotopic (exact) mass is 219 g/mol. The SMILES string of the molecule is Cc1cnc(-c2cccs2)cc1C(=O)O. The molecular weight excluding hydrogens is 210 g/mol. The first-order chi connectivity index (χ1) is 7.18. The van der Waals surface area contributed by atoms with Crippen molar-refractivity contribution in [1.29, 1.82) is 0 Å². The lowest BCUT2D eigenvalue weighted by molar-refractivity contribution is 0.0696. The van der Waals surface area contributed by atoms with E-state index in [2.05, 4.69) is 4.98 Å². The lowest BCUT2D eigenvalue weighted by Gasteiger charge is -2.02. The molecule has 0 aliphatic rings. The molecule has 0 saturated heterocycles. The molecule has 0 atom stereocenters. The first-order valence-corrected chi connectivity index (χ1v) is 5.30. The van der Waals surface area contributed by atoms with Crippen LogP contribution in [-0.4, -0.2) is 16.1 Å². The Morgan fingerprint density at radius 3 is 2.93 bits per heavy atom. The van der Waals surface area contributed by atoms with Crippen LogP contribution >= 0.6 is 11.3 Å². The number of hydrogen-bond acceptors (Lipinski definition) is 3. The van der Waals surface area contributed by atoms with Crippen molar-refractivity contribution in [2.24, 2.45) is 0 Å². The first-order valence-electron chi connectivity index (χ1n) is 4.42. The Hall–Kier alpha value is -1.68. The van der Waals surface area contributed by atoms with E-state index in [1.54, 1.807) is 30.5 Å². The van der Waals surface area contributed by atoms with Crippen molar-refractivity contribution in [3.05, 3.63) is 40.9 Å². The van der Waals surface area contributed by atoms with E-state index in [-0.39, 0.29) is 0 Å². The van der Waals surface area contributed by atoms with Gasteiger partial charge >= 0.3 is 5.97 Å². The molecule has 0 bridgehead atoms. The number of thiophene rings is 1. The largest absolute Gasteiger partial charge is 0.478 e. The molecule has 0 saturated carbocycles. The average Bonchev–Trinajstić information content (AvgIpc) is 2.71. The van der Waals surface area contributed by atoms with Crippen LogP contribution in [0, 0.1) is 6.92 Å². The van der Waals surface area contributed by atoms with E-state index in [0.29, 0.717) is 16.8 Å². The summed E-state index contributed by atoms with van der Waals surface area (Å²) in [7, 11) is 0. The lowest BCUT2D eigenvalue weighted by Crippen LogP contribution is -2.00. The second-order valence-corrected chi connectivity index (χ2v) is 4.11. The minimum Gasteiger partial charge on any atom is -0.478 e. The van der Waals surface area contributed by atoms with Gasteiger partial charge in [0.2, 0.25) is 0 Å². The van der Waals surface area contributed by atoms with Crippen molar-refractivity contribution in [2.45, 2.75) is 6.92 Å². The summed E-state index contributed by atoms with van der Waals surface area (Å²) in [5.41, 5.74) is 1.71. The molecule has 0 aliphatic carbocycles. The Balaban J connectivity index is 2.52. The van der Waals surface area contributed by atoms with Gasteiger partial charge in [-0.1, -0.05) is 6.07 Å². The highest BCUT2D eigenvalue weighted by Crippen LogP contribution is 2.24. The van der Waals surface area contributed by atoms with Gasteiger partial charge in [0.15, 0.2) is 0 Å². The van der Waals surface area contributed by atoms with E-state index in [1.807, 2.05) is 17.5 Å². The number of pyridine rings is 1. The van der Waals surface area contributed by atoms with Gasteiger partial charge in [-0.15, -0.1) is 11.3 Å². The fourth-order valence-electron chi connectivity index (χ4n) is 1.31. The normalized spacial score (nSPS) is 10.2. The Labute approximate surface area is 91.0 Å². The summed E-state index contributed by atoms with van der Waals surface area (Å²) in [5, 5.41) is 10.9. The molecule has 1 N–H and O–H groups in total. The predicted octanol–water partition coefficient (Wildman–Crippen LogP) is 2.82. The van der Waals surface area contributed by atoms with E-state index in [1.165, 1.54) is 0 Å². The van der Waals surface area contributed by atoms with Crippen molar-refractivity contribution in [3.63, 3.8) is 0 Å². The van der Waals surface area contributed by atoms with E-state index in [0.717, 1.165) is 4.88 Å². The molecule has 4 heteroatoms. The molecule has 0 aliphatic heterocycles. The number of aryl methyl sites for hydroxylation is 1. The van der Waals surface area contributed by atoms with Crippen LogP contribution in [0.25, 0.3) is 10.6 Å². The molecule has 15 heavy (non-hydrogen) atoms. The number of carbonyl (C=O) groups is 1. The van der Waals surface area contributed by atoms with Gasteiger partial charge < -0.3 is 5.11 Å². The number of carboxylic acids is 1. The fraction of sp³-hybridized carbons (Fsp3) is 0.0909. The van der Waals surface area contributed by atoms with Crippen molar-refractivity contribution < 1.29 is 9.90 Å². The molecule has 76 valence electrons. The third-order valence-electron chi connectivity index (χ3n) is 2.11. The van der Waals surface area contributed by atoms with Gasteiger partial charge in [0.1, 0.15) is 0 Å². The second kappa shape index (κ2) is 3.82. The summed E-state index contributed by atoms with van der Waals surface area (Å²) < 4.78 is 0. The molecule has 2 heterocycles. The van der Waals surface area contributed by atoms with Crippen LogP contribution in [0.2, 0.25) is 0 Å². The zero-order chi connectivity index (χ0) is 10.8. The van der Waals surface area contributed by atoms with Crippen molar-refractivity contribution >= 4 is 17.3 Å². The van der Waals surface area contributed by atoms with Crippen LogP contribution in [0.5, 0.6) is 0 Å². The molecule has 0 fully saturated rings. The molecular formula is C11H9NO2S. The molecule has 3 nitrogen and oxygen atoms in total. The quantitative estimate of drug-likeness (QED) is 0.844. The van der Waals surface area contributed by atoms with Crippen LogP contribution in [0.15, 0.2) is 29.8 Å². The van der Waals surface area contributed by atoms with Crippen LogP contribution in [-0.2, 0) is 0 Å². The van der Waals surface area contributed by atoms with Crippen LogP contribution in [0.1, 0.15) is 15.9 Å². The summed E-state index contributed by atoms with van der Waals surface area (Å²) in [6.07, 6.45) is 1.60. The summed E-state index contributed by atoms with van der Waals surface area (Å²) in [5.74, 6) is -0.910. The van der Waals surface area contributed by atoms with Crippen LogP contribution < -0.4 is 0 Å². The highest BCUT2D eigenvalue weighted by molar-refractivity contribution is 7.13. The van der Waals surface area contributed by atoms with Crippen molar-refractivity contribution in [3.8, 4) is 10.6 Å². The van der Waals surface area contributed by atoms with Gasteiger partial charge in [-0.2, -0.15) is 0 Å². The minimum atomic E-state index is -0.910. The number of nitrogens with zero attached hydrogens (tertiary/aromatic N) is 1. The number of rotatable bonds is 2. The molecule has 2 aromatic heterocycles. The molecule has 0 amide bonds. The van der Waals surface area contributed by atoms with Gasteiger partial charge in [-0.05, 0) is 30.0 Å². The fourth-order valence-corrected chi connectivity index (χ4v) is 2.01. The van der Waals surface area contributed by atoms with Gasteiger partial charge in [0, 0.05) is 6.20 Å². The average molecular weight is 219 g/mol. The highest BCUT2D eigenvalue weighted by atomic mass is 32.1. The Bertz CT molecular complexity index is 491. The molecule has 0 spiro atoms. The number of aromatic carboxylic acids is 1. The van der Waals surface area contributed by atoms with Crippen molar-refractivity contribution in [2.75, 3.05) is 0 Å². The number of aromatic nitrogens is 1. The Morgan fingerprint density at radius 2 is 2.33 bits per heavy atom. The van der Waals surface area contributed by atoms with Crippen LogP contribution in [0.4, 0.5) is 0 Å². The van der Waals surface area contributed by atoms with Gasteiger partial charge in [-0.25, -0.2) is 4.79 Å². The molecule has 0 aromatic carbocycles. The van der Waals surface area contributed by atoms with Gasteiger partial charge in [0.25, 0.3) is 0 Å². The topological polar surface area (TPSA) is 50.2 Å². The minimum absolute atomic E-state index is 0.313. The summed E-state index contributed by atoms with van der Waals surface area (Å²) in [6.45, 7) is 1.74. The first kappa shape index (κ1) is 9.86. The Morgan fingerprint density at radius 1 is 1.53 bits per heavy atom. The molecule has 2 aromatic rings. The Kier molecular flexibility index (Phi) is 2.51. The second-order valence-electron chi connectivity index (χ2n) is 3.17. The smallest absolute Gasteiger partial charge is 0.336 e. The van der Waals surface area contributed by atoms with E-state index in [9.17, 15) is 4.79 Å². The molecule has 0 radical (unpaired) electrons. The third-order valence-corrected chi connectivity index (χ3v) is 3.00. The van der Waals surface area contributed by atoms with E-state index >= 15 is 0 Å². The zero-order valence-corrected chi connectivity index (χ0v) is 8.91. The highest BCUT2D eigenvalue weighted by Gasteiger charge is 2.10. The van der Waals surface area contributed by atoms with Gasteiger partial charge in [0.05, 0.1) is 16.1 Å². The summed E-state index contributed by atoms with van der Waals surface area (Å²) >= 11 is 1.55. The lowest BCUT2D eigenvalue weighted by atomic mass is 10.1. The van der Waals surface area contributed by atoms with Gasteiger partial charge in [-0.3, -0.25) is 4.98 Å². The van der Waals surface area contributed by atoms with Crippen molar-refractivity contribution in [1.82, 2.24) is 4.98 Å². The summed E-state index contributed by atoms with van der Waals surface area (Å²) in [4.78, 5) is 16.1. The summed E-state index contributed by atoms with van der Waals surface area (Å²) in [6, 6.07) is 5.46. The molecule has 0 unspecified atom stereocenters. The maximum atomic E-state index is 10.9. The maximum Gasteiger partial charge on any atom is 0.336 e. The standard InChI is InChI=1S/C11H9NO2S/c1-7-6-12-9(5-8(7)11(13)14)10-3-2-4-15-10/h2-6H,1H3,(H,13,14). The number of carboxylic acid groups (broad SMARTS) is 1. The van der Waals surface area contributed by atoms with E-state index < -0.39 is 5.97 Å². The predicted molar refractivity (Wildman–Crippen MR) is 59.2 cm³/mol. The number of hydrogen-bond donors (Lipinski definition) is 1. The third kappa shape index (κ3) is 1.89. The zero-order valence-electron chi connectivity index (χ0n) is 8.10. The van der Waals surface area contributed by atoms with E-state index in [4.69, 9.17) is 5.11 Å². The maximum absolute atomic E-state index is 10.9. The molecule has 2 rings (SSSR count).